The van der Waals surface area contributed by atoms with Crippen molar-refractivity contribution in [2.45, 2.75) is 25.7 Å². The number of anilines is 2. The average Bonchev–Trinajstić information content (AvgIpc) is 3.15. The lowest BCUT2D eigenvalue weighted by atomic mass is 10.3. The van der Waals surface area contributed by atoms with Gasteiger partial charge in [0, 0.05) is 31.1 Å². The second-order valence-corrected chi connectivity index (χ2v) is 8.76. The molecule has 0 aliphatic carbocycles. The molecule has 10 nitrogen and oxygen atoms in total. The molecule has 2 amide bonds. The molecule has 0 spiro atoms. The van der Waals surface area contributed by atoms with Crippen LogP contribution in [0.1, 0.15) is 31.3 Å². The molecule has 2 rings (SSSR count). The Kier molecular flexibility index (Phi) is 8.03. The standard InChI is InChI=1S/C18H22N4O6S2/c1-4-22(5-2)30(26,27)14-8-6-7-13(9-14)20-16(24)10-28-17(25)15-11-29-18(21-15)19-12(3)23/h6-9,11H,4-5,10H2,1-3H3,(H,20,24)(H,19,21,23). The van der Waals surface area contributed by atoms with E-state index in [-0.39, 0.29) is 27.3 Å². The van der Waals surface area contributed by atoms with E-state index in [4.69, 9.17) is 4.74 Å². The van der Waals surface area contributed by atoms with Crippen LogP contribution in [0.15, 0.2) is 34.5 Å². The third kappa shape index (κ3) is 6.08. The maximum atomic E-state index is 12.6. The first kappa shape index (κ1) is 23.4. The van der Waals surface area contributed by atoms with Crippen LogP contribution in [-0.4, -0.2) is 55.2 Å². The van der Waals surface area contributed by atoms with Gasteiger partial charge in [0.15, 0.2) is 17.4 Å². The zero-order valence-electron chi connectivity index (χ0n) is 16.7. The summed E-state index contributed by atoms with van der Waals surface area (Å²) in [5.41, 5.74) is 0.217. The van der Waals surface area contributed by atoms with Crippen molar-refractivity contribution in [1.29, 1.82) is 0 Å². The van der Waals surface area contributed by atoms with E-state index in [0.717, 1.165) is 11.3 Å². The van der Waals surface area contributed by atoms with Gasteiger partial charge in [0.05, 0.1) is 4.90 Å². The largest absolute Gasteiger partial charge is 0.451 e. The lowest BCUT2D eigenvalue weighted by Crippen LogP contribution is -2.30. The Bertz CT molecular complexity index is 1030. The topological polar surface area (TPSA) is 135 Å². The number of ether oxygens (including phenoxy) is 1. The Labute approximate surface area is 178 Å². The number of hydrogen-bond donors (Lipinski definition) is 2. The van der Waals surface area contributed by atoms with Gasteiger partial charge in [-0.1, -0.05) is 19.9 Å². The highest BCUT2D eigenvalue weighted by Gasteiger charge is 2.22. The molecule has 0 radical (unpaired) electrons. The second kappa shape index (κ2) is 10.3. The van der Waals surface area contributed by atoms with Crippen molar-refractivity contribution < 1.29 is 27.5 Å². The number of benzene rings is 1. The van der Waals surface area contributed by atoms with Gasteiger partial charge in [-0.2, -0.15) is 4.31 Å². The summed E-state index contributed by atoms with van der Waals surface area (Å²) in [5.74, 6) is -1.79. The lowest BCUT2D eigenvalue weighted by molar-refractivity contribution is -0.119. The fourth-order valence-electron chi connectivity index (χ4n) is 2.42. The van der Waals surface area contributed by atoms with Crippen LogP contribution in [0.5, 0.6) is 0 Å². The predicted octanol–water partition coefficient (Wildman–Crippen LogP) is 1.93. The van der Waals surface area contributed by atoms with Crippen molar-refractivity contribution in [3.05, 3.63) is 35.3 Å². The molecule has 30 heavy (non-hydrogen) atoms. The Morgan fingerprint density at radius 2 is 1.87 bits per heavy atom. The van der Waals surface area contributed by atoms with Crippen molar-refractivity contribution in [1.82, 2.24) is 9.29 Å². The molecule has 12 heteroatoms. The van der Waals surface area contributed by atoms with E-state index in [9.17, 15) is 22.8 Å². The molecule has 162 valence electrons. The van der Waals surface area contributed by atoms with Crippen LogP contribution in [0.4, 0.5) is 10.8 Å². The number of esters is 1. The lowest BCUT2D eigenvalue weighted by Gasteiger charge is -2.18. The maximum Gasteiger partial charge on any atom is 0.358 e. The monoisotopic (exact) mass is 454 g/mol. The fraction of sp³-hybridized carbons (Fsp3) is 0.333. The first-order valence-electron chi connectivity index (χ1n) is 8.97. The molecule has 0 aliphatic heterocycles. The molecule has 0 saturated carbocycles. The van der Waals surface area contributed by atoms with E-state index in [1.807, 2.05) is 0 Å². The molecule has 0 unspecified atom stereocenters. The van der Waals surface area contributed by atoms with Gasteiger partial charge in [0.2, 0.25) is 15.9 Å². The van der Waals surface area contributed by atoms with Gasteiger partial charge in [0.1, 0.15) is 0 Å². The molecule has 1 heterocycles. The van der Waals surface area contributed by atoms with E-state index in [2.05, 4.69) is 15.6 Å². The summed E-state index contributed by atoms with van der Waals surface area (Å²) < 4.78 is 31.4. The van der Waals surface area contributed by atoms with E-state index in [0.29, 0.717) is 13.1 Å². The van der Waals surface area contributed by atoms with Crippen LogP contribution in [0.2, 0.25) is 0 Å². The van der Waals surface area contributed by atoms with Crippen molar-refractivity contribution >= 4 is 50.0 Å². The predicted molar refractivity (Wildman–Crippen MR) is 112 cm³/mol. The normalized spacial score (nSPS) is 11.2. The van der Waals surface area contributed by atoms with Gasteiger partial charge < -0.3 is 15.4 Å². The summed E-state index contributed by atoms with van der Waals surface area (Å²) in [7, 11) is -3.67. The molecule has 0 fully saturated rings. The zero-order valence-corrected chi connectivity index (χ0v) is 18.3. The van der Waals surface area contributed by atoms with E-state index < -0.39 is 28.5 Å². The number of nitrogens with zero attached hydrogens (tertiary/aromatic N) is 2. The summed E-state index contributed by atoms with van der Waals surface area (Å²) in [6, 6.07) is 5.82. The Morgan fingerprint density at radius 1 is 1.17 bits per heavy atom. The number of thiazole rings is 1. The highest BCUT2D eigenvalue weighted by molar-refractivity contribution is 7.89. The van der Waals surface area contributed by atoms with Crippen molar-refractivity contribution in [2.75, 3.05) is 30.3 Å². The summed E-state index contributed by atoms with van der Waals surface area (Å²) in [4.78, 5) is 39.0. The maximum absolute atomic E-state index is 12.6. The van der Waals surface area contributed by atoms with Crippen molar-refractivity contribution in [3.63, 3.8) is 0 Å². The molecule has 0 atom stereocenters. The van der Waals surface area contributed by atoms with E-state index >= 15 is 0 Å². The minimum atomic E-state index is -3.67. The SMILES string of the molecule is CCN(CC)S(=O)(=O)c1cccc(NC(=O)COC(=O)c2csc(NC(C)=O)n2)c1. The molecule has 0 aliphatic rings. The molecular formula is C18H22N4O6S2. The summed E-state index contributed by atoms with van der Waals surface area (Å²) in [5, 5.41) is 6.57. The fourth-order valence-corrected chi connectivity index (χ4v) is 4.65. The third-order valence-electron chi connectivity index (χ3n) is 3.79. The summed E-state index contributed by atoms with van der Waals surface area (Å²) in [6.45, 7) is 4.85. The van der Waals surface area contributed by atoms with Gasteiger partial charge in [-0.3, -0.25) is 9.59 Å². The summed E-state index contributed by atoms with van der Waals surface area (Å²) >= 11 is 1.05. The number of nitrogens with one attached hydrogen (secondary N) is 2. The smallest absolute Gasteiger partial charge is 0.358 e. The van der Waals surface area contributed by atoms with Gasteiger partial charge in [-0.15, -0.1) is 11.3 Å². The van der Waals surface area contributed by atoms with E-state index in [1.54, 1.807) is 13.8 Å². The zero-order chi connectivity index (χ0) is 22.3. The number of hydrogen-bond acceptors (Lipinski definition) is 8. The summed E-state index contributed by atoms with van der Waals surface area (Å²) in [6.07, 6.45) is 0. The molecular weight excluding hydrogens is 432 g/mol. The average molecular weight is 455 g/mol. The first-order chi connectivity index (χ1) is 14.2. The van der Waals surface area contributed by atoms with Crippen LogP contribution < -0.4 is 10.6 Å². The Balaban J connectivity index is 1.97. The third-order valence-corrected chi connectivity index (χ3v) is 6.60. The number of aromatic nitrogens is 1. The highest BCUT2D eigenvalue weighted by Crippen LogP contribution is 2.20. The number of rotatable bonds is 9. The molecule has 2 N–H and O–H groups in total. The van der Waals surface area contributed by atoms with Gasteiger partial charge in [0.25, 0.3) is 5.91 Å². The highest BCUT2D eigenvalue weighted by atomic mass is 32.2. The molecule has 0 bridgehead atoms. The quantitative estimate of drug-likeness (QED) is 0.553. The van der Waals surface area contributed by atoms with Crippen LogP contribution >= 0.6 is 11.3 Å². The van der Waals surface area contributed by atoms with Crippen LogP contribution in [0, 0.1) is 0 Å². The minimum Gasteiger partial charge on any atom is -0.451 e. The number of sulfonamides is 1. The van der Waals surface area contributed by atoms with Crippen molar-refractivity contribution in [3.8, 4) is 0 Å². The Hall–Kier alpha value is -2.83. The molecule has 1 aromatic carbocycles. The Morgan fingerprint density at radius 3 is 2.50 bits per heavy atom. The molecule has 0 saturated heterocycles. The number of carbonyl (C=O) groups excluding carboxylic acids is 3. The van der Waals surface area contributed by atoms with Crippen LogP contribution in [0.3, 0.4) is 0 Å². The first-order valence-corrected chi connectivity index (χ1v) is 11.3. The number of amides is 2. The van der Waals surface area contributed by atoms with Crippen LogP contribution in [-0.2, 0) is 24.3 Å². The minimum absolute atomic E-state index is 0.0381. The van der Waals surface area contributed by atoms with E-state index in [1.165, 1.54) is 40.9 Å². The van der Waals surface area contributed by atoms with Crippen molar-refractivity contribution in [2.24, 2.45) is 0 Å². The second-order valence-electron chi connectivity index (χ2n) is 5.96. The van der Waals surface area contributed by atoms with Gasteiger partial charge in [-0.25, -0.2) is 18.2 Å². The molecule has 2 aromatic rings. The van der Waals surface area contributed by atoms with Gasteiger partial charge >= 0.3 is 5.97 Å². The van der Waals surface area contributed by atoms with Gasteiger partial charge in [-0.05, 0) is 18.2 Å². The molecule has 1 aromatic heterocycles. The van der Waals surface area contributed by atoms with Crippen LogP contribution in [0.25, 0.3) is 0 Å². The number of carbonyl (C=O) groups is 3.